The Morgan fingerprint density at radius 3 is 2.86 bits per heavy atom. The molecule has 0 saturated heterocycles. The Hall–Kier alpha value is -0.650. The van der Waals surface area contributed by atoms with Gasteiger partial charge in [0, 0.05) is 13.7 Å². The van der Waals surface area contributed by atoms with E-state index in [9.17, 15) is 4.79 Å². The van der Waals surface area contributed by atoms with Gasteiger partial charge in [-0.05, 0) is 12.3 Å². The Kier molecular flexibility index (Phi) is 4.86. The van der Waals surface area contributed by atoms with E-state index in [1.165, 1.54) is 20.0 Å². The van der Waals surface area contributed by atoms with E-state index in [-0.39, 0.29) is 12.5 Å². The standard InChI is InChI=1S/C9H18N2O3/c1-13-6-8(9(12)11-10)14-5-4-7-2-3-7/h7-8H,2-6,10H2,1H3,(H,11,12). The minimum Gasteiger partial charge on any atom is -0.381 e. The minimum absolute atomic E-state index is 0.244. The molecule has 0 bridgehead atoms. The predicted molar refractivity (Wildman–Crippen MR) is 51.3 cm³/mol. The molecule has 0 radical (unpaired) electrons. The molecule has 3 N–H and O–H groups in total. The normalized spacial score (nSPS) is 17.9. The largest absolute Gasteiger partial charge is 0.381 e. The van der Waals surface area contributed by atoms with Crippen LogP contribution in [0.4, 0.5) is 0 Å². The topological polar surface area (TPSA) is 73.6 Å². The number of ether oxygens (including phenoxy) is 2. The monoisotopic (exact) mass is 202 g/mol. The fraction of sp³-hybridized carbons (Fsp3) is 0.889. The second-order valence-electron chi connectivity index (χ2n) is 3.56. The van der Waals surface area contributed by atoms with Gasteiger partial charge in [0.15, 0.2) is 6.10 Å². The van der Waals surface area contributed by atoms with Gasteiger partial charge in [-0.2, -0.15) is 0 Å². The van der Waals surface area contributed by atoms with Crippen LogP contribution >= 0.6 is 0 Å². The molecule has 1 rings (SSSR count). The second kappa shape index (κ2) is 5.95. The summed E-state index contributed by atoms with van der Waals surface area (Å²) in [5.41, 5.74) is 2.06. The number of carbonyl (C=O) groups excluding carboxylic acids is 1. The number of carbonyl (C=O) groups is 1. The summed E-state index contributed by atoms with van der Waals surface area (Å²) in [6.07, 6.45) is 3.03. The van der Waals surface area contributed by atoms with Crippen LogP contribution in [0, 0.1) is 5.92 Å². The Morgan fingerprint density at radius 1 is 1.64 bits per heavy atom. The molecule has 14 heavy (non-hydrogen) atoms. The number of methoxy groups -OCH3 is 1. The van der Waals surface area contributed by atoms with Crippen LogP contribution in [0.3, 0.4) is 0 Å². The number of rotatable bonds is 7. The maximum atomic E-state index is 11.2. The molecule has 1 atom stereocenters. The van der Waals surface area contributed by atoms with Crippen LogP contribution in [0.5, 0.6) is 0 Å². The van der Waals surface area contributed by atoms with Crippen LogP contribution in [0.15, 0.2) is 0 Å². The van der Waals surface area contributed by atoms with E-state index in [0.29, 0.717) is 6.61 Å². The summed E-state index contributed by atoms with van der Waals surface area (Å²) in [5, 5.41) is 0. The number of nitrogens with two attached hydrogens (primary N) is 1. The van der Waals surface area contributed by atoms with E-state index >= 15 is 0 Å². The number of amides is 1. The lowest BCUT2D eigenvalue weighted by Crippen LogP contribution is -2.43. The van der Waals surface area contributed by atoms with E-state index in [1.54, 1.807) is 0 Å². The third-order valence-electron chi connectivity index (χ3n) is 2.29. The number of hydrogen-bond donors (Lipinski definition) is 2. The molecule has 1 unspecified atom stereocenters. The average molecular weight is 202 g/mol. The molecular weight excluding hydrogens is 184 g/mol. The van der Waals surface area contributed by atoms with Crippen molar-refractivity contribution in [3.05, 3.63) is 0 Å². The third kappa shape index (κ3) is 4.04. The van der Waals surface area contributed by atoms with Crippen molar-refractivity contribution in [2.24, 2.45) is 11.8 Å². The van der Waals surface area contributed by atoms with E-state index in [0.717, 1.165) is 12.3 Å². The van der Waals surface area contributed by atoms with E-state index in [1.807, 2.05) is 0 Å². The van der Waals surface area contributed by atoms with Crippen LogP contribution in [0.1, 0.15) is 19.3 Å². The van der Waals surface area contributed by atoms with Gasteiger partial charge in [0.2, 0.25) is 0 Å². The fourth-order valence-electron chi connectivity index (χ4n) is 1.23. The van der Waals surface area contributed by atoms with Crippen LogP contribution in [-0.4, -0.2) is 32.3 Å². The van der Waals surface area contributed by atoms with Crippen molar-refractivity contribution in [1.82, 2.24) is 5.43 Å². The number of hydrogen-bond acceptors (Lipinski definition) is 4. The van der Waals surface area contributed by atoms with E-state index in [2.05, 4.69) is 5.43 Å². The highest BCUT2D eigenvalue weighted by atomic mass is 16.5. The van der Waals surface area contributed by atoms with Gasteiger partial charge in [-0.1, -0.05) is 12.8 Å². The van der Waals surface area contributed by atoms with Crippen molar-refractivity contribution in [1.29, 1.82) is 0 Å². The van der Waals surface area contributed by atoms with Gasteiger partial charge in [-0.25, -0.2) is 5.84 Å². The fourth-order valence-corrected chi connectivity index (χ4v) is 1.23. The molecule has 1 aliphatic rings. The summed E-state index contributed by atoms with van der Waals surface area (Å²) in [6, 6.07) is 0. The quantitative estimate of drug-likeness (QED) is 0.341. The lowest BCUT2D eigenvalue weighted by atomic mass is 10.3. The van der Waals surface area contributed by atoms with Gasteiger partial charge in [-0.3, -0.25) is 10.2 Å². The van der Waals surface area contributed by atoms with Crippen LogP contribution in [0.25, 0.3) is 0 Å². The van der Waals surface area contributed by atoms with Crippen LogP contribution < -0.4 is 11.3 Å². The molecule has 5 heteroatoms. The van der Waals surface area contributed by atoms with Crippen LogP contribution in [-0.2, 0) is 14.3 Å². The molecule has 0 spiro atoms. The summed E-state index contributed by atoms with van der Waals surface area (Å²) >= 11 is 0. The van der Waals surface area contributed by atoms with Gasteiger partial charge in [0.1, 0.15) is 0 Å². The van der Waals surface area contributed by atoms with Gasteiger partial charge >= 0.3 is 0 Å². The third-order valence-corrected chi connectivity index (χ3v) is 2.29. The van der Waals surface area contributed by atoms with Gasteiger partial charge in [0.25, 0.3) is 5.91 Å². The first-order valence-electron chi connectivity index (χ1n) is 4.89. The van der Waals surface area contributed by atoms with Crippen molar-refractivity contribution in [2.75, 3.05) is 20.3 Å². The molecular formula is C9H18N2O3. The Balaban J connectivity index is 2.15. The number of nitrogens with one attached hydrogen (secondary N) is 1. The lowest BCUT2D eigenvalue weighted by Gasteiger charge is -2.14. The molecule has 0 aliphatic heterocycles. The first-order chi connectivity index (χ1) is 6.77. The minimum atomic E-state index is -0.580. The van der Waals surface area contributed by atoms with Gasteiger partial charge in [0.05, 0.1) is 6.61 Å². The van der Waals surface area contributed by atoms with Crippen molar-refractivity contribution < 1.29 is 14.3 Å². The highest BCUT2D eigenvalue weighted by Gasteiger charge is 2.23. The molecule has 1 saturated carbocycles. The van der Waals surface area contributed by atoms with Gasteiger partial charge < -0.3 is 9.47 Å². The van der Waals surface area contributed by atoms with E-state index < -0.39 is 6.10 Å². The highest BCUT2D eigenvalue weighted by Crippen LogP contribution is 2.32. The average Bonchev–Trinajstić information content (AvgIpc) is 2.99. The Labute approximate surface area is 83.9 Å². The lowest BCUT2D eigenvalue weighted by molar-refractivity contribution is -0.136. The first-order valence-corrected chi connectivity index (χ1v) is 4.89. The summed E-state index contributed by atoms with van der Waals surface area (Å²) in [5.74, 6) is 5.49. The van der Waals surface area contributed by atoms with Crippen molar-refractivity contribution >= 4 is 5.91 Å². The maximum absolute atomic E-state index is 11.2. The molecule has 0 heterocycles. The summed E-state index contributed by atoms with van der Waals surface area (Å²) in [4.78, 5) is 11.2. The molecule has 1 amide bonds. The summed E-state index contributed by atoms with van der Waals surface area (Å²) in [6.45, 7) is 0.847. The molecule has 82 valence electrons. The zero-order valence-corrected chi connectivity index (χ0v) is 8.49. The zero-order chi connectivity index (χ0) is 10.4. The molecule has 5 nitrogen and oxygen atoms in total. The molecule has 0 aromatic carbocycles. The highest BCUT2D eigenvalue weighted by molar-refractivity contribution is 5.80. The SMILES string of the molecule is COCC(OCCC1CC1)C(=O)NN. The van der Waals surface area contributed by atoms with Crippen LogP contribution in [0.2, 0.25) is 0 Å². The van der Waals surface area contributed by atoms with Gasteiger partial charge in [-0.15, -0.1) is 0 Å². The van der Waals surface area contributed by atoms with Crippen molar-refractivity contribution in [3.63, 3.8) is 0 Å². The van der Waals surface area contributed by atoms with E-state index in [4.69, 9.17) is 15.3 Å². The number of hydrazine groups is 1. The Morgan fingerprint density at radius 2 is 2.36 bits per heavy atom. The molecule has 0 aromatic heterocycles. The van der Waals surface area contributed by atoms with Crippen molar-refractivity contribution in [2.45, 2.75) is 25.4 Å². The molecule has 1 fully saturated rings. The maximum Gasteiger partial charge on any atom is 0.265 e. The zero-order valence-electron chi connectivity index (χ0n) is 8.49. The predicted octanol–water partition coefficient (Wildman–Crippen LogP) is -0.192. The summed E-state index contributed by atoms with van der Waals surface area (Å²) < 4.78 is 10.2. The molecule has 1 aliphatic carbocycles. The van der Waals surface area contributed by atoms with Crippen molar-refractivity contribution in [3.8, 4) is 0 Å². The smallest absolute Gasteiger partial charge is 0.265 e. The Bertz CT molecular complexity index is 183. The first kappa shape index (κ1) is 11.4. The second-order valence-corrected chi connectivity index (χ2v) is 3.56. The molecule has 0 aromatic rings. The summed E-state index contributed by atoms with van der Waals surface area (Å²) in [7, 11) is 1.53.